The quantitative estimate of drug-likeness (QED) is 0.727. The van der Waals surface area contributed by atoms with Gasteiger partial charge in [0.15, 0.2) is 0 Å². The van der Waals surface area contributed by atoms with Crippen LogP contribution < -0.4 is 5.32 Å². The largest absolute Gasteiger partial charge is 0.375 e. The van der Waals surface area contributed by atoms with Crippen LogP contribution in [0, 0.1) is 24.1 Å². The first-order chi connectivity index (χ1) is 14.2. The number of benzene rings is 2. The van der Waals surface area contributed by atoms with Gasteiger partial charge in [-0.3, -0.25) is 4.98 Å². The van der Waals surface area contributed by atoms with Crippen molar-refractivity contribution >= 4 is 0 Å². The minimum Gasteiger partial charge on any atom is -0.375 e. The van der Waals surface area contributed by atoms with Crippen LogP contribution in [0.1, 0.15) is 16.7 Å². The number of nitrogens with zero attached hydrogens (tertiary/aromatic N) is 2. The molecule has 1 fully saturated rings. The highest BCUT2D eigenvalue weighted by Crippen LogP contribution is 2.35. The van der Waals surface area contributed by atoms with Gasteiger partial charge in [0, 0.05) is 31.0 Å². The molecule has 0 aliphatic carbocycles. The molecule has 1 atom stereocenters. The second-order valence-corrected chi connectivity index (χ2v) is 7.28. The van der Waals surface area contributed by atoms with Crippen molar-refractivity contribution in [3.63, 3.8) is 0 Å². The molecule has 3 aromatic rings. The molecule has 0 radical (unpaired) electrons. The Kier molecular flexibility index (Phi) is 5.66. The number of morpholine rings is 1. The van der Waals surface area contributed by atoms with Gasteiger partial charge in [0.05, 0.1) is 18.3 Å². The summed E-state index contributed by atoms with van der Waals surface area (Å²) in [4.78, 5) is 4.27. The van der Waals surface area contributed by atoms with E-state index in [0.29, 0.717) is 6.61 Å². The molecule has 0 spiro atoms. The fourth-order valence-electron chi connectivity index (χ4n) is 3.73. The average molecular weight is 387 g/mol. The third-order valence-electron chi connectivity index (χ3n) is 5.28. The molecule has 1 aliphatic heterocycles. The molecule has 1 unspecified atom stereocenters. The molecule has 0 bridgehead atoms. The van der Waals surface area contributed by atoms with Gasteiger partial charge >= 0.3 is 0 Å². The highest BCUT2D eigenvalue weighted by Gasteiger charge is 2.17. The molecule has 1 saturated heterocycles. The second kappa shape index (κ2) is 8.52. The predicted octanol–water partition coefficient (Wildman–Crippen LogP) is 4.27. The molecule has 29 heavy (non-hydrogen) atoms. The molecule has 146 valence electrons. The molecular formula is C24H22FN3O. The number of halogens is 1. The van der Waals surface area contributed by atoms with E-state index >= 15 is 0 Å². The summed E-state index contributed by atoms with van der Waals surface area (Å²) in [6.45, 7) is 4.46. The Bertz CT molecular complexity index is 1070. The lowest BCUT2D eigenvalue weighted by Crippen LogP contribution is -2.39. The minimum absolute atomic E-state index is 0.0469. The Morgan fingerprint density at radius 2 is 2.07 bits per heavy atom. The van der Waals surface area contributed by atoms with Crippen LogP contribution in [0.15, 0.2) is 54.9 Å². The van der Waals surface area contributed by atoms with Crippen LogP contribution in [-0.2, 0) is 11.2 Å². The van der Waals surface area contributed by atoms with Crippen molar-refractivity contribution in [3.8, 4) is 28.3 Å². The maximum absolute atomic E-state index is 14.4. The molecule has 4 rings (SSSR count). The molecular weight excluding hydrogens is 365 g/mol. The molecule has 4 nitrogen and oxygen atoms in total. The fourth-order valence-corrected chi connectivity index (χ4v) is 3.73. The zero-order chi connectivity index (χ0) is 20.2. The van der Waals surface area contributed by atoms with Gasteiger partial charge in [0.25, 0.3) is 0 Å². The van der Waals surface area contributed by atoms with Crippen LogP contribution in [0.3, 0.4) is 0 Å². The lowest BCUT2D eigenvalue weighted by molar-refractivity contribution is 0.0292. The Morgan fingerprint density at radius 1 is 1.17 bits per heavy atom. The first-order valence-electron chi connectivity index (χ1n) is 9.72. The molecule has 1 N–H and O–H groups in total. The number of hydrogen-bond acceptors (Lipinski definition) is 4. The van der Waals surface area contributed by atoms with Crippen molar-refractivity contribution in [2.24, 2.45) is 0 Å². The number of pyridine rings is 1. The number of hydrogen-bond donors (Lipinski definition) is 1. The van der Waals surface area contributed by atoms with Crippen molar-refractivity contribution in [2.45, 2.75) is 19.4 Å². The standard InChI is InChI=1S/C24H22FN3O/c1-16-6-7-27-15-23(16)21-5-2-17(10-20-14-28-8-9-29-20)11-22(21)18-3-4-19(13-26)24(25)12-18/h2-7,11-12,15,20,28H,8-10,14H2,1H3. The molecule has 0 saturated carbocycles. The summed E-state index contributed by atoms with van der Waals surface area (Å²) in [5, 5.41) is 12.4. The highest BCUT2D eigenvalue weighted by molar-refractivity contribution is 5.85. The summed E-state index contributed by atoms with van der Waals surface area (Å²) in [7, 11) is 0. The van der Waals surface area contributed by atoms with Crippen molar-refractivity contribution in [3.05, 3.63) is 77.4 Å². The van der Waals surface area contributed by atoms with Gasteiger partial charge in [-0.15, -0.1) is 0 Å². The Labute approximate surface area is 170 Å². The van der Waals surface area contributed by atoms with Crippen LogP contribution in [0.4, 0.5) is 4.39 Å². The zero-order valence-electron chi connectivity index (χ0n) is 16.3. The van der Waals surface area contributed by atoms with E-state index in [1.54, 1.807) is 12.3 Å². The van der Waals surface area contributed by atoms with Crippen LogP contribution in [0.2, 0.25) is 0 Å². The predicted molar refractivity (Wildman–Crippen MR) is 111 cm³/mol. The van der Waals surface area contributed by atoms with Crippen LogP contribution in [-0.4, -0.2) is 30.8 Å². The van der Waals surface area contributed by atoms with Gasteiger partial charge in [0.1, 0.15) is 11.9 Å². The summed E-state index contributed by atoms with van der Waals surface area (Å²) < 4.78 is 20.2. The normalized spacial score (nSPS) is 16.4. The van der Waals surface area contributed by atoms with Gasteiger partial charge < -0.3 is 10.1 Å². The second-order valence-electron chi connectivity index (χ2n) is 7.28. The fraction of sp³-hybridized carbons (Fsp3) is 0.250. The first-order valence-corrected chi connectivity index (χ1v) is 9.72. The monoisotopic (exact) mass is 387 g/mol. The van der Waals surface area contributed by atoms with E-state index in [2.05, 4.69) is 28.5 Å². The van der Waals surface area contributed by atoms with Gasteiger partial charge in [-0.05, 0) is 59.4 Å². The number of nitrogens with one attached hydrogen (secondary N) is 1. The summed E-state index contributed by atoms with van der Waals surface area (Å²) in [6, 6.07) is 14.9. The van der Waals surface area contributed by atoms with E-state index in [1.807, 2.05) is 25.3 Å². The SMILES string of the molecule is Cc1ccncc1-c1ccc(CC2CNCCO2)cc1-c1ccc(C#N)c(F)c1. The Hall–Kier alpha value is -3.07. The van der Waals surface area contributed by atoms with Crippen molar-refractivity contribution in [1.29, 1.82) is 5.26 Å². The summed E-state index contributed by atoms with van der Waals surface area (Å²) in [5.74, 6) is -0.510. The molecule has 1 aromatic heterocycles. The van der Waals surface area contributed by atoms with Gasteiger partial charge in [-0.1, -0.05) is 24.3 Å². The lowest BCUT2D eigenvalue weighted by atomic mass is 9.90. The van der Waals surface area contributed by atoms with Gasteiger partial charge in [-0.25, -0.2) is 4.39 Å². The summed E-state index contributed by atoms with van der Waals surface area (Å²) >= 11 is 0. The lowest BCUT2D eigenvalue weighted by Gasteiger charge is -2.24. The number of rotatable bonds is 4. The molecule has 0 amide bonds. The van der Waals surface area contributed by atoms with Gasteiger partial charge in [0.2, 0.25) is 0 Å². The van der Waals surface area contributed by atoms with Crippen LogP contribution >= 0.6 is 0 Å². The maximum atomic E-state index is 14.4. The van der Waals surface area contributed by atoms with E-state index in [-0.39, 0.29) is 11.7 Å². The number of aromatic nitrogens is 1. The zero-order valence-corrected chi connectivity index (χ0v) is 16.3. The molecule has 1 aliphatic rings. The number of nitriles is 1. The van der Waals surface area contributed by atoms with E-state index in [0.717, 1.165) is 52.9 Å². The van der Waals surface area contributed by atoms with Crippen molar-refractivity contribution < 1.29 is 9.13 Å². The van der Waals surface area contributed by atoms with Crippen molar-refractivity contribution in [2.75, 3.05) is 19.7 Å². The van der Waals surface area contributed by atoms with Crippen molar-refractivity contribution in [1.82, 2.24) is 10.3 Å². The van der Waals surface area contributed by atoms with E-state index in [4.69, 9.17) is 10.00 Å². The van der Waals surface area contributed by atoms with Gasteiger partial charge in [-0.2, -0.15) is 5.26 Å². The van der Waals surface area contributed by atoms with Crippen LogP contribution in [0.5, 0.6) is 0 Å². The summed E-state index contributed by atoms with van der Waals surface area (Å²) in [5.41, 5.74) is 5.94. The minimum atomic E-state index is -0.510. The summed E-state index contributed by atoms with van der Waals surface area (Å²) in [6.07, 6.45) is 4.51. The Morgan fingerprint density at radius 3 is 2.79 bits per heavy atom. The average Bonchev–Trinajstić information content (AvgIpc) is 2.75. The first kappa shape index (κ1) is 19.3. The Balaban J connectivity index is 1.80. The van der Waals surface area contributed by atoms with Crippen LogP contribution in [0.25, 0.3) is 22.3 Å². The topological polar surface area (TPSA) is 57.9 Å². The molecule has 2 aromatic carbocycles. The number of ether oxygens (including phenoxy) is 1. The van der Waals surface area contributed by atoms with E-state index in [9.17, 15) is 4.39 Å². The van der Waals surface area contributed by atoms with E-state index in [1.165, 1.54) is 12.1 Å². The third-order valence-corrected chi connectivity index (χ3v) is 5.28. The third kappa shape index (κ3) is 4.19. The molecule has 5 heteroatoms. The number of aryl methyl sites for hydroxylation is 1. The highest BCUT2D eigenvalue weighted by atomic mass is 19.1. The maximum Gasteiger partial charge on any atom is 0.141 e. The molecule has 2 heterocycles. The smallest absolute Gasteiger partial charge is 0.141 e. The van der Waals surface area contributed by atoms with E-state index < -0.39 is 5.82 Å².